The first kappa shape index (κ1) is 31.0. The Morgan fingerprint density at radius 1 is 0.919 bits per heavy atom. The van der Waals surface area contributed by atoms with Crippen LogP contribution in [0.2, 0.25) is 0 Å². The highest BCUT2D eigenvalue weighted by molar-refractivity contribution is 9.11. The number of esters is 2. The van der Waals surface area contributed by atoms with Gasteiger partial charge in [-0.3, -0.25) is 19.2 Å². The summed E-state index contributed by atoms with van der Waals surface area (Å²) in [5.74, 6) is -16.8. The summed E-state index contributed by atoms with van der Waals surface area (Å²) < 4.78 is 15.1. The summed E-state index contributed by atoms with van der Waals surface area (Å²) in [6, 6.07) is 3.51. The van der Waals surface area contributed by atoms with E-state index in [0.717, 1.165) is 26.8 Å². The first-order chi connectivity index (χ1) is 16.9. The number of halogens is 2. The molecule has 0 aliphatic carbocycles. The molecule has 206 valence electrons. The molecule has 1 aromatic rings. The Bertz CT molecular complexity index is 1090. The van der Waals surface area contributed by atoms with E-state index in [9.17, 15) is 44.7 Å². The number of benzene rings is 1. The zero-order valence-electron chi connectivity index (χ0n) is 19.6. The van der Waals surface area contributed by atoms with Gasteiger partial charge in [0.1, 0.15) is 5.23 Å². The molecule has 5 N–H and O–H groups in total. The SMILES string of the molecule is CC(=O)ON(OC(C)=O)C1(O)O[C@H](CO)[C@](O)(OC(C)=O)[C@@](O)(OC(C)=O)[C@]1(O)c1ccc(Br)cc1Br. The Hall–Kier alpha value is -2.22. The van der Waals surface area contributed by atoms with Gasteiger partial charge < -0.3 is 49.4 Å². The van der Waals surface area contributed by atoms with Gasteiger partial charge in [-0.1, -0.05) is 37.9 Å². The molecule has 1 aliphatic rings. The number of hydrogen-bond acceptors (Lipinski definition) is 15. The van der Waals surface area contributed by atoms with E-state index in [1.807, 2.05) is 0 Å². The molecule has 15 nitrogen and oxygen atoms in total. The first-order valence-electron chi connectivity index (χ1n) is 10.1. The van der Waals surface area contributed by atoms with E-state index in [1.54, 1.807) is 0 Å². The number of carbonyl (C=O) groups is 4. The number of aliphatic hydroxyl groups excluding tert-OH is 1. The van der Waals surface area contributed by atoms with Crippen molar-refractivity contribution in [3.8, 4) is 0 Å². The minimum Gasteiger partial charge on any atom is -0.423 e. The molecule has 1 heterocycles. The molecule has 0 amide bonds. The highest BCUT2D eigenvalue weighted by atomic mass is 79.9. The third kappa shape index (κ3) is 5.23. The molecular weight excluding hydrogens is 638 g/mol. The van der Waals surface area contributed by atoms with Crippen LogP contribution < -0.4 is 0 Å². The first-order valence-corrected chi connectivity index (χ1v) is 11.7. The van der Waals surface area contributed by atoms with Crippen molar-refractivity contribution in [1.82, 2.24) is 5.23 Å². The topological polar surface area (TPSA) is 219 Å². The molecular formula is C20H23Br2NO14. The monoisotopic (exact) mass is 659 g/mol. The van der Waals surface area contributed by atoms with Crippen LogP contribution in [0.5, 0.6) is 0 Å². The lowest BCUT2D eigenvalue weighted by Gasteiger charge is -2.60. The van der Waals surface area contributed by atoms with Crippen LogP contribution in [0, 0.1) is 0 Å². The standard InChI is InChI=1S/C20H23Br2NO14/c1-9(25)33-18(30)16(8-24)35-20(32,23(36-11(3)27)37-12(4)28)17(29,19(18,31)34-10(2)26)14-6-5-13(21)7-15(14)22/h5-7,16,24,29-32H,8H2,1-4H3/t16-,17-,18+,19+,20?/m1/s1. The van der Waals surface area contributed by atoms with Gasteiger partial charge in [0.05, 0.1) is 6.61 Å². The summed E-state index contributed by atoms with van der Waals surface area (Å²) in [5.41, 5.74) is -4.47. The van der Waals surface area contributed by atoms with Crippen LogP contribution in [0.1, 0.15) is 33.3 Å². The minimum atomic E-state index is -3.99. The Morgan fingerprint density at radius 3 is 1.84 bits per heavy atom. The molecule has 1 aromatic carbocycles. The van der Waals surface area contributed by atoms with Gasteiger partial charge >= 0.3 is 41.4 Å². The summed E-state index contributed by atoms with van der Waals surface area (Å²) >= 11 is 6.23. The number of hydrogen-bond donors (Lipinski definition) is 5. The maximum atomic E-state index is 12.2. The maximum absolute atomic E-state index is 12.2. The summed E-state index contributed by atoms with van der Waals surface area (Å²) in [7, 11) is 0. The Morgan fingerprint density at radius 2 is 1.43 bits per heavy atom. The number of carbonyl (C=O) groups excluding carboxylic acids is 4. The Balaban J connectivity index is 3.13. The number of hydroxylamine groups is 2. The van der Waals surface area contributed by atoms with E-state index < -0.39 is 70.5 Å². The molecule has 2 rings (SSSR count). The lowest BCUT2D eigenvalue weighted by atomic mass is 9.73. The highest BCUT2D eigenvalue weighted by Crippen LogP contribution is 2.57. The highest BCUT2D eigenvalue weighted by Gasteiger charge is 2.86. The van der Waals surface area contributed by atoms with Gasteiger partial charge in [0, 0.05) is 42.2 Å². The van der Waals surface area contributed by atoms with Gasteiger partial charge in [0.2, 0.25) is 5.60 Å². The molecule has 1 aliphatic heterocycles. The Kier molecular flexibility index (Phi) is 9.11. The minimum absolute atomic E-state index is 0.185. The predicted octanol–water partition coefficient (Wildman–Crippen LogP) is -0.802. The molecule has 1 fully saturated rings. The predicted molar refractivity (Wildman–Crippen MR) is 121 cm³/mol. The zero-order valence-corrected chi connectivity index (χ0v) is 22.8. The van der Waals surface area contributed by atoms with Crippen molar-refractivity contribution in [3.63, 3.8) is 0 Å². The van der Waals surface area contributed by atoms with E-state index in [-0.39, 0.29) is 4.47 Å². The molecule has 5 atom stereocenters. The van der Waals surface area contributed by atoms with Gasteiger partial charge in [-0.15, -0.1) is 0 Å². The van der Waals surface area contributed by atoms with Crippen molar-refractivity contribution in [2.75, 3.05) is 6.61 Å². The van der Waals surface area contributed by atoms with Gasteiger partial charge in [-0.25, -0.2) is 0 Å². The van der Waals surface area contributed by atoms with Crippen LogP contribution in [0.15, 0.2) is 27.1 Å². The molecule has 0 saturated carbocycles. The van der Waals surface area contributed by atoms with E-state index >= 15 is 0 Å². The van der Waals surface area contributed by atoms with E-state index in [4.69, 9.17) is 23.9 Å². The second kappa shape index (κ2) is 10.9. The molecule has 37 heavy (non-hydrogen) atoms. The zero-order chi connectivity index (χ0) is 28.6. The molecule has 0 radical (unpaired) electrons. The summed E-state index contributed by atoms with van der Waals surface area (Å²) in [6.45, 7) is 1.63. The van der Waals surface area contributed by atoms with Crippen LogP contribution >= 0.6 is 31.9 Å². The number of ether oxygens (including phenoxy) is 3. The smallest absolute Gasteiger partial charge is 0.339 e. The number of nitrogens with zero attached hydrogens (tertiary/aromatic N) is 1. The molecule has 0 bridgehead atoms. The fraction of sp³-hybridized carbons (Fsp3) is 0.500. The van der Waals surface area contributed by atoms with Crippen LogP contribution in [0.3, 0.4) is 0 Å². The number of rotatable bonds is 7. The van der Waals surface area contributed by atoms with Crippen molar-refractivity contribution < 1.29 is 68.6 Å². The quantitative estimate of drug-likeness (QED) is 0.137. The van der Waals surface area contributed by atoms with Crippen molar-refractivity contribution >= 4 is 55.7 Å². The van der Waals surface area contributed by atoms with Crippen LogP contribution in [-0.2, 0) is 48.7 Å². The average molecular weight is 661 g/mol. The normalized spacial score (nSPS) is 31.4. The Labute approximate surface area is 225 Å². The van der Waals surface area contributed by atoms with Gasteiger partial charge in [0.25, 0.3) is 0 Å². The lowest BCUT2D eigenvalue weighted by molar-refractivity contribution is -0.599. The van der Waals surface area contributed by atoms with E-state index in [2.05, 4.69) is 31.9 Å². The summed E-state index contributed by atoms with van der Waals surface area (Å²) in [5, 5.41) is 56.7. The van der Waals surface area contributed by atoms with Gasteiger partial charge in [0.15, 0.2) is 6.10 Å². The van der Waals surface area contributed by atoms with Crippen LogP contribution in [-0.4, -0.2) is 84.8 Å². The fourth-order valence-electron chi connectivity index (χ4n) is 3.62. The molecule has 0 aromatic heterocycles. The molecule has 17 heteroatoms. The largest absolute Gasteiger partial charge is 0.423 e. The summed E-state index contributed by atoms with van der Waals surface area (Å²) in [4.78, 5) is 57.1. The third-order valence-corrected chi connectivity index (χ3v) is 6.09. The molecule has 0 spiro atoms. The molecule has 1 unspecified atom stereocenters. The van der Waals surface area contributed by atoms with Crippen molar-refractivity contribution in [3.05, 3.63) is 32.7 Å². The van der Waals surface area contributed by atoms with Crippen molar-refractivity contribution in [2.24, 2.45) is 0 Å². The maximum Gasteiger partial charge on any atom is 0.339 e. The van der Waals surface area contributed by atoms with E-state index in [0.29, 0.717) is 11.4 Å². The lowest BCUT2D eigenvalue weighted by Crippen LogP contribution is -2.87. The van der Waals surface area contributed by atoms with Crippen molar-refractivity contribution in [1.29, 1.82) is 0 Å². The van der Waals surface area contributed by atoms with Crippen LogP contribution in [0.4, 0.5) is 0 Å². The second-order valence-corrected chi connectivity index (χ2v) is 9.45. The van der Waals surface area contributed by atoms with Gasteiger partial charge in [-0.05, 0) is 12.1 Å². The van der Waals surface area contributed by atoms with Crippen molar-refractivity contribution in [2.45, 2.75) is 56.9 Å². The molecule has 1 saturated heterocycles. The fourth-order valence-corrected chi connectivity index (χ4v) is 4.96. The van der Waals surface area contributed by atoms with Crippen LogP contribution in [0.25, 0.3) is 0 Å². The number of aliphatic hydroxyl groups is 5. The van der Waals surface area contributed by atoms with E-state index in [1.165, 1.54) is 12.1 Å². The summed E-state index contributed by atoms with van der Waals surface area (Å²) in [6.07, 6.45) is -2.46. The third-order valence-electron chi connectivity index (χ3n) is 4.94. The van der Waals surface area contributed by atoms with Gasteiger partial charge in [-0.2, -0.15) is 0 Å². The average Bonchev–Trinajstić information content (AvgIpc) is 2.73. The second-order valence-electron chi connectivity index (χ2n) is 7.68.